The molecule has 0 saturated heterocycles. The van der Waals surface area contributed by atoms with Crippen molar-refractivity contribution in [3.63, 3.8) is 0 Å². The van der Waals surface area contributed by atoms with E-state index in [-0.39, 0.29) is 12.0 Å². The summed E-state index contributed by atoms with van der Waals surface area (Å²) in [6.45, 7) is 2.50. The van der Waals surface area contributed by atoms with Crippen molar-refractivity contribution in [3.8, 4) is 0 Å². The van der Waals surface area contributed by atoms with Crippen LogP contribution in [0.5, 0.6) is 0 Å². The first-order valence-electron chi connectivity index (χ1n) is 11.5. The van der Waals surface area contributed by atoms with Crippen molar-refractivity contribution in [2.24, 2.45) is 5.92 Å². The Kier molecular flexibility index (Phi) is 6.51. The number of thioether (sulfide) groups is 1. The molecule has 2 unspecified atom stereocenters. The molecule has 0 amide bonds. The predicted octanol–water partition coefficient (Wildman–Crippen LogP) is 2.62. The molecule has 33 heavy (non-hydrogen) atoms. The van der Waals surface area contributed by atoms with Crippen LogP contribution in [0.25, 0.3) is 11.2 Å². The lowest BCUT2D eigenvalue weighted by Crippen LogP contribution is -2.31. The normalized spacial score (nSPS) is 29.0. The van der Waals surface area contributed by atoms with Crippen molar-refractivity contribution in [1.29, 1.82) is 0 Å². The van der Waals surface area contributed by atoms with Crippen molar-refractivity contribution in [2.45, 2.75) is 61.6 Å². The average Bonchev–Trinajstić information content (AvgIpc) is 3.39. The number of nitrogens with one attached hydrogen (secondary N) is 1. The first-order chi connectivity index (χ1) is 16.1. The number of aromatic nitrogens is 5. The van der Waals surface area contributed by atoms with Gasteiger partial charge in [0.1, 0.15) is 6.10 Å². The van der Waals surface area contributed by atoms with E-state index in [2.05, 4.69) is 46.8 Å². The Hall–Kier alpha value is -2.27. The maximum atomic E-state index is 10.7. The molecule has 2 aliphatic carbocycles. The molecule has 0 radical (unpaired) electrons. The Morgan fingerprint density at radius 1 is 1.15 bits per heavy atom. The number of hydrogen-bond donors (Lipinski definition) is 3. The quantitative estimate of drug-likeness (QED) is 0.320. The van der Waals surface area contributed by atoms with Crippen molar-refractivity contribution in [1.82, 2.24) is 25.0 Å². The summed E-state index contributed by atoms with van der Waals surface area (Å²) in [5.41, 5.74) is 2.49. The van der Waals surface area contributed by atoms with Gasteiger partial charge in [0.05, 0.1) is 18.8 Å². The van der Waals surface area contributed by atoms with Gasteiger partial charge in [0.25, 0.3) is 0 Å². The first kappa shape index (κ1) is 22.5. The maximum absolute atomic E-state index is 10.7. The lowest BCUT2D eigenvalue weighted by molar-refractivity contribution is -0.0101. The molecule has 0 spiro atoms. The largest absolute Gasteiger partial charge is 0.390 e. The average molecular weight is 471 g/mol. The number of anilines is 1. The zero-order chi connectivity index (χ0) is 22.9. The minimum atomic E-state index is -0.959. The third kappa shape index (κ3) is 4.44. The highest BCUT2D eigenvalue weighted by Crippen LogP contribution is 2.43. The summed E-state index contributed by atoms with van der Waals surface area (Å²) in [7, 11) is 1.60. The van der Waals surface area contributed by atoms with Crippen molar-refractivity contribution < 1.29 is 14.9 Å². The maximum Gasteiger partial charge on any atom is 0.191 e. The molecule has 2 aliphatic rings. The van der Waals surface area contributed by atoms with Gasteiger partial charge in [0.2, 0.25) is 0 Å². The zero-order valence-electron chi connectivity index (χ0n) is 18.8. The Bertz CT molecular complexity index is 1100. The summed E-state index contributed by atoms with van der Waals surface area (Å²) in [5, 5.41) is 34.2. The molecule has 2 saturated carbocycles. The number of aliphatic hydroxyl groups excluding tert-OH is 2. The van der Waals surface area contributed by atoms with E-state index >= 15 is 0 Å². The molecule has 3 N–H and O–H groups in total. The Balaban J connectivity index is 1.45. The molecular formula is C23H30N6O3S. The Labute approximate surface area is 197 Å². The molecule has 0 aliphatic heterocycles. The van der Waals surface area contributed by atoms with Crippen LogP contribution in [0.2, 0.25) is 0 Å². The van der Waals surface area contributed by atoms with Crippen LogP contribution in [0.1, 0.15) is 43.7 Å². The van der Waals surface area contributed by atoms with Gasteiger partial charge in [-0.05, 0) is 24.8 Å². The van der Waals surface area contributed by atoms with Gasteiger partial charge in [-0.1, -0.05) is 54.2 Å². The third-order valence-electron chi connectivity index (χ3n) is 6.54. The summed E-state index contributed by atoms with van der Waals surface area (Å²) in [6.07, 6.45) is 0.752. The monoisotopic (exact) mass is 470 g/mol. The molecule has 1 aromatic carbocycles. The molecule has 3 aromatic rings. The van der Waals surface area contributed by atoms with Crippen LogP contribution in [0, 0.1) is 5.92 Å². The van der Waals surface area contributed by atoms with Crippen LogP contribution in [-0.4, -0.2) is 72.9 Å². The van der Waals surface area contributed by atoms with E-state index in [4.69, 9.17) is 14.7 Å². The fourth-order valence-electron chi connectivity index (χ4n) is 4.71. The number of aliphatic hydroxyl groups is 2. The minimum Gasteiger partial charge on any atom is -0.390 e. The van der Waals surface area contributed by atoms with Crippen LogP contribution in [-0.2, 0) is 4.74 Å². The lowest BCUT2D eigenvalue weighted by atomic mass is 10.1. The van der Waals surface area contributed by atoms with Gasteiger partial charge >= 0.3 is 0 Å². The first-order valence-corrected chi connectivity index (χ1v) is 12.5. The number of nitrogens with zero attached hydrogens (tertiary/aromatic N) is 5. The fraction of sp³-hybridized carbons (Fsp3) is 0.565. The van der Waals surface area contributed by atoms with Gasteiger partial charge in [-0.25, -0.2) is 14.6 Å². The molecule has 2 heterocycles. The van der Waals surface area contributed by atoms with E-state index in [1.165, 1.54) is 5.56 Å². The number of methoxy groups -OCH3 is 1. The molecule has 9 nitrogen and oxygen atoms in total. The van der Waals surface area contributed by atoms with E-state index in [9.17, 15) is 10.2 Å². The second kappa shape index (κ2) is 9.54. The van der Waals surface area contributed by atoms with Gasteiger partial charge in [0.15, 0.2) is 22.1 Å². The molecule has 5 rings (SSSR count). The molecule has 2 aromatic heterocycles. The third-order valence-corrected chi connectivity index (χ3v) is 7.60. The van der Waals surface area contributed by atoms with E-state index in [0.717, 1.165) is 18.6 Å². The minimum absolute atomic E-state index is 0.166. The summed E-state index contributed by atoms with van der Waals surface area (Å²) in [4.78, 5) is 9.50. The highest BCUT2D eigenvalue weighted by molar-refractivity contribution is 7.99. The smallest absolute Gasteiger partial charge is 0.191 e. The summed E-state index contributed by atoms with van der Waals surface area (Å²) < 4.78 is 6.88. The Morgan fingerprint density at radius 3 is 2.73 bits per heavy atom. The number of benzene rings is 1. The van der Waals surface area contributed by atoms with Crippen LogP contribution < -0.4 is 5.32 Å². The predicted molar refractivity (Wildman–Crippen MR) is 126 cm³/mol. The summed E-state index contributed by atoms with van der Waals surface area (Å²) >= 11 is 1.60. The highest BCUT2D eigenvalue weighted by atomic mass is 32.2. The number of fused-ring (bicyclic) bond motifs is 1. The molecular weight excluding hydrogens is 440 g/mol. The Morgan fingerprint density at radius 2 is 1.97 bits per heavy atom. The van der Waals surface area contributed by atoms with Gasteiger partial charge in [-0.2, -0.15) is 0 Å². The molecule has 6 atom stereocenters. The van der Waals surface area contributed by atoms with E-state index in [1.807, 2.05) is 6.07 Å². The van der Waals surface area contributed by atoms with Crippen LogP contribution in [0.3, 0.4) is 0 Å². The number of hydrogen-bond acceptors (Lipinski definition) is 9. The highest BCUT2D eigenvalue weighted by Gasteiger charge is 2.44. The molecule has 2 fully saturated rings. The number of ether oxygens (including phenoxy) is 1. The molecule has 176 valence electrons. The van der Waals surface area contributed by atoms with Crippen molar-refractivity contribution in [2.75, 3.05) is 24.8 Å². The summed E-state index contributed by atoms with van der Waals surface area (Å²) in [5.74, 6) is 1.86. The molecule has 10 heteroatoms. The standard InChI is InChI=1S/C23H30N6O3S/c1-3-9-33-23-25-21(24-16-11-15(16)13-7-5-4-6-8-13)18-22(26-23)29(28-27-18)17-10-14(12-32-2)19(30)20(17)31/h4-8,14-17,19-20,30-31H,3,9-12H2,1-2H3,(H,24,25,26)/t14-,15?,16?,17-,19-,20+/m0/s1. The van der Waals surface area contributed by atoms with Crippen LogP contribution in [0.4, 0.5) is 5.82 Å². The van der Waals surface area contributed by atoms with Crippen LogP contribution >= 0.6 is 11.8 Å². The van der Waals surface area contributed by atoms with E-state index < -0.39 is 18.2 Å². The van der Waals surface area contributed by atoms with Crippen LogP contribution in [0.15, 0.2) is 35.5 Å². The number of rotatable bonds is 9. The van der Waals surface area contributed by atoms with Crippen molar-refractivity contribution >= 4 is 28.7 Å². The SMILES string of the molecule is CCCSc1nc(NC2CC2c2ccccc2)c2nnn([C@H]3C[C@@H](COC)[C@H](O)[C@@H]3O)c2n1. The molecule has 0 bridgehead atoms. The van der Waals surface area contributed by atoms with Gasteiger partial charge in [-0.15, -0.1) is 5.10 Å². The topological polar surface area (TPSA) is 118 Å². The second-order valence-corrected chi connectivity index (χ2v) is 9.97. The zero-order valence-corrected chi connectivity index (χ0v) is 19.6. The van der Waals surface area contributed by atoms with Gasteiger partial charge in [0, 0.05) is 30.7 Å². The fourth-order valence-corrected chi connectivity index (χ4v) is 5.41. The van der Waals surface area contributed by atoms with Gasteiger partial charge in [-0.3, -0.25) is 0 Å². The lowest BCUT2D eigenvalue weighted by Gasteiger charge is -2.17. The van der Waals surface area contributed by atoms with E-state index in [1.54, 1.807) is 23.6 Å². The van der Waals surface area contributed by atoms with Gasteiger partial charge < -0.3 is 20.3 Å². The second-order valence-electron chi connectivity index (χ2n) is 8.91. The van der Waals surface area contributed by atoms with E-state index in [0.29, 0.717) is 41.1 Å². The summed E-state index contributed by atoms with van der Waals surface area (Å²) in [6, 6.07) is 10.3. The van der Waals surface area contributed by atoms with Crippen molar-refractivity contribution in [3.05, 3.63) is 35.9 Å².